The Morgan fingerprint density at radius 3 is 2.26 bits per heavy atom. The second-order valence-electron chi connectivity index (χ2n) is 3.89. The van der Waals surface area contributed by atoms with Gasteiger partial charge in [-0.2, -0.15) is 4.72 Å². The number of nitrogens with one attached hydrogen (secondary N) is 1. The summed E-state index contributed by atoms with van der Waals surface area (Å²) in [7, 11) is -3.89. The number of thiophene rings is 1. The normalized spacial score (nSPS) is 12.6. The highest BCUT2D eigenvalue weighted by molar-refractivity contribution is 9.12. The third-order valence-corrected chi connectivity index (χ3v) is 7.15. The first-order valence-electron chi connectivity index (χ1n) is 5.40. The average molecular weight is 435 g/mol. The first kappa shape index (κ1) is 17.1. The van der Waals surface area contributed by atoms with Crippen LogP contribution in [0.25, 0.3) is 0 Å². The highest BCUT2D eigenvalue weighted by Gasteiger charge is 2.40. The number of aliphatic carboxylic acids is 1. The number of hydrogen-bond donors (Lipinski definition) is 2. The van der Waals surface area contributed by atoms with Crippen molar-refractivity contribution >= 4 is 59.2 Å². The number of carboxylic acid groups (broad SMARTS) is 1. The van der Waals surface area contributed by atoms with E-state index in [4.69, 9.17) is 0 Å². The third kappa shape index (κ3) is 3.57. The molecule has 0 saturated heterocycles. The predicted octanol–water partition coefficient (Wildman–Crippen LogP) is 3.19. The number of sulfonamides is 1. The maximum atomic E-state index is 12.3. The molecule has 1 rings (SSSR count). The average Bonchev–Trinajstić information content (AvgIpc) is 2.66. The van der Waals surface area contributed by atoms with Crippen LogP contribution in [0.2, 0.25) is 0 Å². The SMILES string of the molecule is CCC(CC)(NS(=O)(=O)c1cc(Br)sc1Br)C(=O)O. The molecule has 0 aliphatic carbocycles. The molecule has 0 radical (unpaired) electrons. The lowest BCUT2D eigenvalue weighted by molar-refractivity contribution is -0.144. The molecule has 0 bridgehead atoms. The lowest BCUT2D eigenvalue weighted by atomic mass is 9.95. The van der Waals surface area contributed by atoms with Gasteiger partial charge in [0.2, 0.25) is 10.0 Å². The summed E-state index contributed by atoms with van der Waals surface area (Å²) in [5.74, 6) is -1.17. The lowest BCUT2D eigenvalue weighted by Gasteiger charge is -2.27. The first-order valence-corrected chi connectivity index (χ1v) is 9.29. The van der Waals surface area contributed by atoms with Crippen molar-refractivity contribution in [3.8, 4) is 0 Å². The lowest BCUT2D eigenvalue weighted by Crippen LogP contribution is -2.53. The van der Waals surface area contributed by atoms with E-state index in [1.54, 1.807) is 13.8 Å². The van der Waals surface area contributed by atoms with E-state index in [9.17, 15) is 18.3 Å². The third-order valence-electron chi connectivity index (χ3n) is 2.86. The highest BCUT2D eigenvalue weighted by atomic mass is 79.9. The molecule has 0 aromatic carbocycles. The molecule has 0 spiro atoms. The van der Waals surface area contributed by atoms with Crippen molar-refractivity contribution in [2.45, 2.75) is 37.1 Å². The van der Waals surface area contributed by atoms with Crippen LogP contribution in [0.3, 0.4) is 0 Å². The van der Waals surface area contributed by atoms with Gasteiger partial charge in [0.15, 0.2) is 0 Å². The van der Waals surface area contributed by atoms with Crippen molar-refractivity contribution in [2.24, 2.45) is 0 Å². The molecule has 108 valence electrons. The van der Waals surface area contributed by atoms with Gasteiger partial charge in [0, 0.05) is 0 Å². The fourth-order valence-corrected chi connectivity index (χ4v) is 6.88. The smallest absolute Gasteiger partial charge is 0.324 e. The Kier molecular flexibility index (Phi) is 5.59. The number of rotatable bonds is 6. The van der Waals surface area contributed by atoms with Crippen LogP contribution in [0.4, 0.5) is 0 Å². The van der Waals surface area contributed by atoms with Gasteiger partial charge in [-0.25, -0.2) is 8.42 Å². The van der Waals surface area contributed by atoms with Crippen LogP contribution < -0.4 is 4.72 Å². The summed E-state index contributed by atoms with van der Waals surface area (Å²) in [4.78, 5) is 11.4. The Morgan fingerprint density at radius 1 is 1.42 bits per heavy atom. The van der Waals surface area contributed by atoms with Gasteiger partial charge < -0.3 is 5.11 Å². The number of halogens is 2. The summed E-state index contributed by atoms with van der Waals surface area (Å²) < 4.78 is 28.0. The molecule has 0 aliphatic heterocycles. The maximum absolute atomic E-state index is 12.3. The molecule has 0 atom stereocenters. The molecule has 0 aliphatic rings. The quantitative estimate of drug-likeness (QED) is 0.719. The summed E-state index contributed by atoms with van der Waals surface area (Å²) in [6.45, 7) is 3.28. The first-order chi connectivity index (χ1) is 8.68. The van der Waals surface area contributed by atoms with Crippen molar-refractivity contribution in [1.29, 1.82) is 0 Å². The Balaban J connectivity index is 3.22. The molecule has 5 nitrogen and oxygen atoms in total. The Hall–Kier alpha value is 0.0400. The van der Waals surface area contributed by atoms with Crippen LogP contribution >= 0.6 is 43.2 Å². The van der Waals surface area contributed by atoms with Crippen molar-refractivity contribution < 1.29 is 18.3 Å². The summed E-state index contributed by atoms with van der Waals surface area (Å²) in [6.07, 6.45) is 0.335. The van der Waals surface area contributed by atoms with Crippen LogP contribution in [0.1, 0.15) is 26.7 Å². The van der Waals surface area contributed by atoms with Gasteiger partial charge in [0.05, 0.1) is 7.57 Å². The molecule has 0 amide bonds. The molecule has 2 N–H and O–H groups in total. The van der Waals surface area contributed by atoms with Gasteiger partial charge in [0.25, 0.3) is 0 Å². The summed E-state index contributed by atoms with van der Waals surface area (Å²) in [6, 6.07) is 1.44. The van der Waals surface area contributed by atoms with Crippen LogP contribution in [-0.4, -0.2) is 25.0 Å². The van der Waals surface area contributed by atoms with Crippen molar-refractivity contribution in [1.82, 2.24) is 4.72 Å². The van der Waals surface area contributed by atoms with E-state index in [0.29, 0.717) is 7.57 Å². The fourth-order valence-electron chi connectivity index (χ4n) is 1.56. The molecule has 0 unspecified atom stereocenters. The Morgan fingerprint density at radius 2 is 1.95 bits per heavy atom. The van der Waals surface area contributed by atoms with Crippen LogP contribution in [0.15, 0.2) is 18.5 Å². The van der Waals surface area contributed by atoms with Gasteiger partial charge >= 0.3 is 5.97 Å². The molecule has 19 heavy (non-hydrogen) atoms. The summed E-state index contributed by atoms with van der Waals surface area (Å²) in [5.41, 5.74) is -1.48. The minimum Gasteiger partial charge on any atom is -0.480 e. The minimum absolute atomic E-state index is 0.0388. The van der Waals surface area contributed by atoms with E-state index in [0.717, 1.165) is 0 Å². The Bertz CT molecular complexity index is 578. The predicted molar refractivity (Wildman–Crippen MR) is 81.0 cm³/mol. The van der Waals surface area contributed by atoms with Crippen molar-refractivity contribution in [3.63, 3.8) is 0 Å². The van der Waals surface area contributed by atoms with Crippen LogP contribution in [0, 0.1) is 0 Å². The molecule has 1 heterocycles. The molecule has 0 fully saturated rings. The summed E-state index contributed by atoms with van der Waals surface area (Å²) in [5, 5.41) is 9.26. The number of hydrogen-bond acceptors (Lipinski definition) is 4. The van der Waals surface area contributed by atoms with Gasteiger partial charge in [-0.1, -0.05) is 13.8 Å². The largest absolute Gasteiger partial charge is 0.480 e. The van der Waals surface area contributed by atoms with E-state index in [1.807, 2.05) is 0 Å². The monoisotopic (exact) mass is 433 g/mol. The van der Waals surface area contributed by atoms with Crippen molar-refractivity contribution in [2.75, 3.05) is 0 Å². The highest BCUT2D eigenvalue weighted by Crippen LogP contribution is 2.35. The van der Waals surface area contributed by atoms with Gasteiger partial charge in [-0.05, 0) is 50.8 Å². The van der Waals surface area contributed by atoms with E-state index in [1.165, 1.54) is 17.4 Å². The zero-order chi connectivity index (χ0) is 14.8. The fraction of sp³-hybridized carbons (Fsp3) is 0.500. The minimum atomic E-state index is -3.89. The molecule has 0 saturated carbocycles. The molecule has 1 aromatic heterocycles. The van der Waals surface area contributed by atoms with E-state index in [-0.39, 0.29) is 17.7 Å². The van der Waals surface area contributed by atoms with Gasteiger partial charge in [0.1, 0.15) is 10.4 Å². The zero-order valence-corrected chi connectivity index (χ0v) is 15.0. The second kappa shape index (κ2) is 6.21. The van der Waals surface area contributed by atoms with E-state index in [2.05, 4.69) is 36.6 Å². The van der Waals surface area contributed by atoms with E-state index < -0.39 is 21.5 Å². The molecular weight excluding hydrogens is 422 g/mol. The van der Waals surface area contributed by atoms with Crippen molar-refractivity contribution in [3.05, 3.63) is 13.6 Å². The molecule has 9 heteroatoms. The van der Waals surface area contributed by atoms with Gasteiger partial charge in [-0.15, -0.1) is 11.3 Å². The number of carbonyl (C=O) groups is 1. The standard InChI is InChI=1S/C10H13Br2NO4S2/c1-3-10(4-2,9(14)15)13-19(16,17)6-5-7(11)18-8(6)12/h5,13H,3-4H2,1-2H3,(H,14,15). The maximum Gasteiger partial charge on any atom is 0.324 e. The summed E-state index contributed by atoms with van der Waals surface area (Å²) >= 11 is 7.57. The van der Waals surface area contributed by atoms with Crippen LogP contribution in [-0.2, 0) is 14.8 Å². The topological polar surface area (TPSA) is 83.5 Å². The Labute approximate surface area is 132 Å². The molecule has 1 aromatic rings. The zero-order valence-electron chi connectivity index (χ0n) is 10.2. The van der Waals surface area contributed by atoms with Gasteiger partial charge in [-0.3, -0.25) is 4.79 Å². The number of carboxylic acids is 1. The van der Waals surface area contributed by atoms with E-state index >= 15 is 0 Å². The molecular formula is C10H13Br2NO4S2. The second-order valence-corrected chi connectivity index (χ2v) is 9.29. The van der Waals surface area contributed by atoms with Crippen LogP contribution in [0.5, 0.6) is 0 Å².